The zero-order valence-corrected chi connectivity index (χ0v) is 13.0. The van der Waals surface area contributed by atoms with Gasteiger partial charge in [0.15, 0.2) is 0 Å². The average Bonchev–Trinajstić information content (AvgIpc) is 2.95. The van der Waals surface area contributed by atoms with E-state index >= 15 is 0 Å². The Hall–Kier alpha value is -1.26. The summed E-state index contributed by atoms with van der Waals surface area (Å²) in [5.74, 6) is 0.443. The van der Waals surface area contributed by atoms with Crippen molar-refractivity contribution in [3.8, 4) is 0 Å². The maximum atomic E-state index is 12.2. The maximum absolute atomic E-state index is 12.2. The fourth-order valence-electron chi connectivity index (χ4n) is 3.56. The molecule has 120 valence electrons. The summed E-state index contributed by atoms with van der Waals surface area (Å²) < 4.78 is 0. The first-order chi connectivity index (χ1) is 10.1. The monoisotopic (exact) mass is 296 g/mol. The molecule has 0 aromatic rings. The molecule has 5 nitrogen and oxygen atoms in total. The average molecular weight is 296 g/mol. The van der Waals surface area contributed by atoms with E-state index in [1.807, 2.05) is 4.90 Å². The fourth-order valence-corrected chi connectivity index (χ4v) is 3.56. The predicted octanol–water partition coefficient (Wildman–Crippen LogP) is 2.85. The Kier molecular flexibility index (Phi) is 5.88. The van der Waals surface area contributed by atoms with Crippen LogP contribution in [0, 0.1) is 11.8 Å². The number of amides is 2. The predicted molar refractivity (Wildman–Crippen MR) is 81.1 cm³/mol. The summed E-state index contributed by atoms with van der Waals surface area (Å²) in [5.41, 5.74) is 0. The minimum atomic E-state index is -0.745. The van der Waals surface area contributed by atoms with Gasteiger partial charge in [-0.2, -0.15) is 0 Å². The van der Waals surface area contributed by atoms with Crippen molar-refractivity contribution < 1.29 is 14.7 Å². The SMILES string of the molecule is CCC1CCC(NC(=O)N2CCC(CCC(=O)O)C2)CC1. The van der Waals surface area contributed by atoms with E-state index in [0.717, 1.165) is 31.7 Å². The molecular weight excluding hydrogens is 268 g/mol. The van der Waals surface area contributed by atoms with Crippen LogP contribution in [0.3, 0.4) is 0 Å². The normalized spacial score (nSPS) is 29.4. The van der Waals surface area contributed by atoms with Crippen LogP contribution in [0.4, 0.5) is 4.79 Å². The number of likely N-dealkylation sites (tertiary alicyclic amines) is 1. The number of nitrogens with zero attached hydrogens (tertiary/aromatic N) is 1. The highest BCUT2D eigenvalue weighted by Gasteiger charge is 2.28. The number of rotatable bonds is 5. The molecule has 5 heteroatoms. The zero-order chi connectivity index (χ0) is 15.2. The summed E-state index contributed by atoms with van der Waals surface area (Å²) in [6.45, 7) is 3.72. The second-order valence-corrected chi connectivity index (χ2v) is 6.61. The third-order valence-electron chi connectivity index (χ3n) is 5.09. The lowest BCUT2D eigenvalue weighted by Gasteiger charge is -2.30. The number of carbonyl (C=O) groups excluding carboxylic acids is 1. The standard InChI is InChI=1S/C16H28N2O3/c1-2-12-3-6-14(7-4-12)17-16(21)18-10-9-13(11-18)5-8-15(19)20/h12-14H,2-11H2,1H3,(H,17,21)(H,19,20). The van der Waals surface area contributed by atoms with Crippen molar-refractivity contribution in [3.63, 3.8) is 0 Å². The molecular formula is C16H28N2O3. The molecule has 2 aliphatic rings. The Bertz CT molecular complexity index is 365. The van der Waals surface area contributed by atoms with Gasteiger partial charge in [0, 0.05) is 25.6 Å². The molecule has 21 heavy (non-hydrogen) atoms. The molecule has 0 aromatic carbocycles. The molecule has 0 aromatic heterocycles. The summed E-state index contributed by atoms with van der Waals surface area (Å²) in [4.78, 5) is 24.7. The Balaban J connectivity index is 1.68. The highest BCUT2D eigenvalue weighted by Crippen LogP contribution is 2.27. The molecule has 1 saturated heterocycles. The number of carbonyl (C=O) groups is 2. The van der Waals surface area contributed by atoms with Crippen LogP contribution in [-0.4, -0.2) is 41.1 Å². The molecule has 1 aliphatic carbocycles. The molecule has 2 rings (SSSR count). The van der Waals surface area contributed by atoms with Crippen molar-refractivity contribution in [1.29, 1.82) is 0 Å². The second kappa shape index (κ2) is 7.66. The Morgan fingerprint density at radius 2 is 1.86 bits per heavy atom. The van der Waals surface area contributed by atoms with Crippen molar-refractivity contribution in [2.75, 3.05) is 13.1 Å². The van der Waals surface area contributed by atoms with Crippen LogP contribution in [0.15, 0.2) is 0 Å². The van der Waals surface area contributed by atoms with E-state index in [9.17, 15) is 9.59 Å². The molecule has 0 spiro atoms. The Morgan fingerprint density at radius 1 is 1.14 bits per heavy atom. The highest BCUT2D eigenvalue weighted by atomic mass is 16.4. The second-order valence-electron chi connectivity index (χ2n) is 6.61. The summed E-state index contributed by atoms with van der Waals surface area (Å²) in [5, 5.41) is 11.9. The van der Waals surface area contributed by atoms with Gasteiger partial charge in [-0.3, -0.25) is 4.79 Å². The Morgan fingerprint density at radius 3 is 2.48 bits per heavy atom. The lowest BCUT2D eigenvalue weighted by Crippen LogP contribution is -2.45. The number of carboxylic acids is 1. The van der Waals surface area contributed by atoms with Gasteiger partial charge in [-0.05, 0) is 50.4 Å². The van der Waals surface area contributed by atoms with Crippen LogP contribution in [0.2, 0.25) is 0 Å². The highest BCUT2D eigenvalue weighted by molar-refractivity contribution is 5.74. The van der Waals surface area contributed by atoms with Gasteiger partial charge in [0.25, 0.3) is 0 Å². The van der Waals surface area contributed by atoms with Gasteiger partial charge < -0.3 is 15.3 Å². The molecule has 0 radical (unpaired) electrons. The minimum Gasteiger partial charge on any atom is -0.481 e. The van der Waals surface area contributed by atoms with Gasteiger partial charge in [0.05, 0.1) is 0 Å². The number of urea groups is 1. The molecule has 0 bridgehead atoms. The number of carboxylic acid groups (broad SMARTS) is 1. The zero-order valence-electron chi connectivity index (χ0n) is 13.0. The van der Waals surface area contributed by atoms with Crippen LogP contribution in [0.25, 0.3) is 0 Å². The molecule has 1 unspecified atom stereocenters. The number of nitrogens with one attached hydrogen (secondary N) is 1. The van der Waals surface area contributed by atoms with Crippen molar-refractivity contribution in [2.24, 2.45) is 11.8 Å². The van der Waals surface area contributed by atoms with Gasteiger partial charge in [-0.1, -0.05) is 13.3 Å². The summed E-state index contributed by atoms with van der Waals surface area (Å²) in [6.07, 6.45) is 7.72. The first kappa shape index (κ1) is 16.1. The fraction of sp³-hybridized carbons (Fsp3) is 0.875. The first-order valence-corrected chi connectivity index (χ1v) is 8.35. The largest absolute Gasteiger partial charge is 0.481 e. The van der Waals surface area contributed by atoms with Gasteiger partial charge in [-0.25, -0.2) is 4.79 Å². The van der Waals surface area contributed by atoms with E-state index < -0.39 is 5.97 Å². The van der Waals surface area contributed by atoms with Gasteiger partial charge in [0.2, 0.25) is 0 Å². The Labute approximate surface area is 127 Å². The van der Waals surface area contributed by atoms with Crippen LogP contribution in [-0.2, 0) is 4.79 Å². The van der Waals surface area contributed by atoms with Crippen LogP contribution >= 0.6 is 0 Å². The van der Waals surface area contributed by atoms with E-state index in [0.29, 0.717) is 24.9 Å². The summed E-state index contributed by atoms with van der Waals surface area (Å²) in [7, 11) is 0. The van der Waals surface area contributed by atoms with Gasteiger partial charge >= 0.3 is 12.0 Å². The van der Waals surface area contributed by atoms with Crippen LogP contribution in [0.5, 0.6) is 0 Å². The molecule has 2 fully saturated rings. The number of hydrogen-bond acceptors (Lipinski definition) is 2. The van der Waals surface area contributed by atoms with Crippen molar-refractivity contribution >= 4 is 12.0 Å². The lowest BCUT2D eigenvalue weighted by atomic mass is 9.84. The van der Waals surface area contributed by atoms with Crippen molar-refractivity contribution in [3.05, 3.63) is 0 Å². The number of hydrogen-bond donors (Lipinski definition) is 2. The molecule has 1 heterocycles. The molecule has 1 atom stereocenters. The minimum absolute atomic E-state index is 0.0489. The van der Waals surface area contributed by atoms with E-state index in [2.05, 4.69) is 12.2 Å². The quantitative estimate of drug-likeness (QED) is 0.819. The summed E-state index contributed by atoms with van der Waals surface area (Å²) >= 11 is 0. The van der Waals surface area contributed by atoms with E-state index in [1.54, 1.807) is 0 Å². The van der Waals surface area contributed by atoms with Gasteiger partial charge in [-0.15, -0.1) is 0 Å². The maximum Gasteiger partial charge on any atom is 0.317 e. The third-order valence-corrected chi connectivity index (χ3v) is 5.09. The van der Waals surface area contributed by atoms with Gasteiger partial charge in [0.1, 0.15) is 0 Å². The molecule has 1 saturated carbocycles. The lowest BCUT2D eigenvalue weighted by molar-refractivity contribution is -0.137. The summed E-state index contributed by atoms with van der Waals surface area (Å²) in [6, 6.07) is 0.381. The van der Waals surface area contributed by atoms with Crippen LogP contribution < -0.4 is 5.32 Å². The van der Waals surface area contributed by atoms with E-state index in [1.165, 1.54) is 19.3 Å². The topological polar surface area (TPSA) is 69.6 Å². The third kappa shape index (κ3) is 4.90. The van der Waals surface area contributed by atoms with Crippen molar-refractivity contribution in [2.45, 2.75) is 64.3 Å². The molecule has 2 N–H and O–H groups in total. The smallest absolute Gasteiger partial charge is 0.317 e. The van der Waals surface area contributed by atoms with Crippen molar-refractivity contribution in [1.82, 2.24) is 10.2 Å². The van der Waals surface area contributed by atoms with Crippen LogP contribution in [0.1, 0.15) is 58.3 Å². The van der Waals surface area contributed by atoms with E-state index in [-0.39, 0.29) is 12.5 Å². The number of aliphatic carboxylic acids is 1. The molecule has 1 aliphatic heterocycles. The molecule has 2 amide bonds. The van der Waals surface area contributed by atoms with E-state index in [4.69, 9.17) is 5.11 Å². The first-order valence-electron chi connectivity index (χ1n) is 8.35.